The van der Waals surface area contributed by atoms with E-state index in [1.54, 1.807) is 11.1 Å². The van der Waals surface area contributed by atoms with Gasteiger partial charge >= 0.3 is 12.0 Å². The topological polar surface area (TPSA) is 82.5 Å². The first-order valence-electron chi connectivity index (χ1n) is 5.93. The zero-order valence-corrected chi connectivity index (χ0v) is 12.5. The van der Waals surface area contributed by atoms with Crippen LogP contribution in [0.4, 0.5) is 9.93 Å². The second kappa shape index (κ2) is 6.33. The van der Waals surface area contributed by atoms with Crippen LogP contribution in [0.15, 0.2) is 9.98 Å². The summed E-state index contributed by atoms with van der Waals surface area (Å²) in [5.74, 6) is -0.767. The number of aromatic nitrogens is 1. The van der Waals surface area contributed by atoms with Crippen LogP contribution in [0, 0.1) is 5.92 Å². The summed E-state index contributed by atoms with van der Waals surface area (Å²) >= 11 is 4.62. The molecule has 0 bridgehead atoms. The van der Waals surface area contributed by atoms with Crippen LogP contribution < -0.4 is 5.32 Å². The molecule has 6 nitrogen and oxygen atoms in total. The lowest BCUT2D eigenvalue weighted by Crippen LogP contribution is -2.42. The minimum atomic E-state index is -0.809. The largest absolute Gasteiger partial charge is 0.481 e. The van der Waals surface area contributed by atoms with E-state index in [1.807, 2.05) is 0 Å². The molecule has 8 heteroatoms. The highest BCUT2D eigenvalue weighted by atomic mass is 79.9. The summed E-state index contributed by atoms with van der Waals surface area (Å²) in [7, 11) is 0. The number of carbonyl (C=O) groups is 2. The van der Waals surface area contributed by atoms with Gasteiger partial charge in [0, 0.05) is 19.5 Å². The number of anilines is 1. The number of likely N-dealkylation sites (tertiary alicyclic amines) is 1. The smallest absolute Gasteiger partial charge is 0.323 e. The molecule has 1 unspecified atom stereocenters. The SMILES string of the molecule is O=C(O)CC1CCCN(C(=O)Nc2ncc(Br)s2)C1. The highest BCUT2D eigenvalue weighted by Gasteiger charge is 2.25. The number of nitrogens with zero attached hydrogens (tertiary/aromatic N) is 2. The number of rotatable bonds is 3. The zero-order chi connectivity index (χ0) is 13.8. The summed E-state index contributed by atoms with van der Waals surface area (Å²) in [4.78, 5) is 28.4. The maximum Gasteiger partial charge on any atom is 0.323 e. The van der Waals surface area contributed by atoms with Gasteiger partial charge in [-0.15, -0.1) is 0 Å². The molecule has 19 heavy (non-hydrogen) atoms. The molecule has 0 spiro atoms. The van der Waals surface area contributed by atoms with E-state index in [-0.39, 0.29) is 18.4 Å². The Balaban J connectivity index is 1.89. The molecule has 2 N–H and O–H groups in total. The Morgan fingerprint density at radius 1 is 1.63 bits per heavy atom. The molecule has 0 radical (unpaired) electrons. The van der Waals surface area contributed by atoms with Crippen LogP contribution in [0.25, 0.3) is 0 Å². The summed E-state index contributed by atoms with van der Waals surface area (Å²) in [6, 6.07) is -0.211. The standard InChI is InChI=1S/C11H14BrN3O3S/c12-8-5-13-10(19-8)14-11(18)15-3-1-2-7(6-15)4-9(16)17/h5,7H,1-4,6H2,(H,16,17)(H,13,14,18). The molecule has 1 atom stereocenters. The van der Waals surface area contributed by atoms with Crippen molar-refractivity contribution in [3.05, 3.63) is 9.98 Å². The second-order valence-corrected chi connectivity index (χ2v) is 6.86. The van der Waals surface area contributed by atoms with Crippen molar-refractivity contribution in [2.75, 3.05) is 18.4 Å². The minimum Gasteiger partial charge on any atom is -0.481 e. The summed E-state index contributed by atoms with van der Waals surface area (Å²) in [5.41, 5.74) is 0. The molecule has 1 saturated heterocycles. The van der Waals surface area contributed by atoms with Crippen molar-refractivity contribution in [1.29, 1.82) is 0 Å². The molecule has 1 aromatic heterocycles. The number of piperidine rings is 1. The van der Waals surface area contributed by atoms with Gasteiger partial charge < -0.3 is 10.0 Å². The van der Waals surface area contributed by atoms with E-state index in [2.05, 4.69) is 26.2 Å². The quantitative estimate of drug-likeness (QED) is 0.880. The van der Waals surface area contributed by atoms with Crippen molar-refractivity contribution in [2.24, 2.45) is 5.92 Å². The molecule has 2 heterocycles. The molecule has 0 aliphatic carbocycles. The maximum absolute atomic E-state index is 12.0. The first-order chi connectivity index (χ1) is 9.04. The predicted octanol–water partition coefficient (Wildman–Crippen LogP) is 2.62. The van der Waals surface area contributed by atoms with Gasteiger partial charge in [-0.1, -0.05) is 11.3 Å². The number of amides is 2. The molecule has 2 amide bonds. The zero-order valence-electron chi connectivity index (χ0n) is 10.1. The first-order valence-corrected chi connectivity index (χ1v) is 7.54. The fourth-order valence-electron chi connectivity index (χ4n) is 2.15. The molecule has 0 aromatic carbocycles. The predicted molar refractivity (Wildman–Crippen MR) is 75.4 cm³/mol. The number of hydrogen-bond acceptors (Lipinski definition) is 4. The number of halogens is 1. The van der Waals surface area contributed by atoms with E-state index in [4.69, 9.17) is 5.11 Å². The van der Waals surface area contributed by atoms with Gasteiger partial charge in [-0.2, -0.15) is 0 Å². The number of carboxylic acid groups (broad SMARTS) is 1. The number of urea groups is 1. The molecule has 2 rings (SSSR count). The number of aliphatic carboxylic acids is 1. The van der Waals surface area contributed by atoms with Crippen molar-refractivity contribution in [1.82, 2.24) is 9.88 Å². The van der Waals surface area contributed by atoms with E-state index in [9.17, 15) is 9.59 Å². The summed E-state index contributed by atoms with van der Waals surface area (Å²) in [6.45, 7) is 1.15. The molecule has 1 fully saturated rings. The maximum atomic E-state index is 12.0. The molecule has 1 aliphatic heterocycles. The van der Waals surface area contributed by atoms with Gasteiger partial charge in [-0.05, 0) is 34.7 Å². The van der Waals surface area contributed by atoms with Crippen LogP contribution in [0.1, 0.15) is 19.3 Å². The van der Waals surface area contributed by atoms with E-state index in [0.29, 0.717) is 18.2 Å². The van der Waals surface area contributed by atoms with E-state index >= 15 is 0 Å². The average molecular weight is 348 g/mol. The van der Waals surface area contributed by atoms with E-state index in [1.165, 1.54) is 11.3 Å². The Morgan fingerprint density at radius 2 is 2.42 bits per heavy atom. The van der Waals surface area contributed by atoms with Crippen molar-refractivity contribution >= 4 is 44.4 Å². The molecule has 104 valence electrons. The number of nitrogens with one attached hydrogen (secondary N) is 1. The van der Waals surface area contributed by atoms with E-state index in [0.717, 1.165) is 16.6 Å². The van der Waals surface area contributed by atoms with Gasteiger partial charge in [-0.3, -0.25) is 10.1 Å². The monoisotopic (exact) mass is 347 g/mol. The second-order valence-electron chi connectivity index (χ2n) is 4.45. The Kier molecular flexibility index (Phi) is 4.76. The first kappa shape index (κ1) is 14.3. The Morgan fingerprint density at radius 3 is 3.05 bits per heavy atom. The fourth-order valence-corrected chi connectivity index (χ4v) is 3.24. The highest BCUT2D eigenvalue weighted by molar-refractivity contribution is 9.11. The van der Waals surface area contributed by atoms with Crippen LogP contribution in [0.5, 0.6) is 0 Å². The number of carboxylic acids is 1. The summed E-state index contributed by atoms with van der Waals surface area (Å²) in [6.07, 6.45) is 3.45. The van der Waals surface area contributed by atoms with Crippen molar-refractivity contribution < 1.29 is 14.7 Å². The lowest BCUT2D eigenvalue weighted by Gasteiger charge is -2.31. The molecular formula is C11H14BrN3O3S. The molecular weight excluding hydrogens is 334 g/mol. The summed E-state index contributed by atoms with van der Waals surface area (Å²) < 4.78 is 0.852. The Labute approximate surface area is 122 Å². The molecule has 1 aliphatic rings. The number of carbonyl (C=O) groups excluding carboxylic acids is 1. The fraction of sp³-hybridized carbons (Fsp3) is 0.545. The van der Waals surface area contributed by atoms with Crippen molar-refractivity contribution in [3.8, 4) is 0 Å². The number of hydrogen-bond donors (Lipinski definition) is 2. The van der Waals surface area contributed by atoms with Gasteiger partial charge in [0.25, 0.3) is 0 Å². The highest BCUT2D eigenvalue weighted by Crippen LogP contribution is 2.24. The van der Waals surface area contributed by atoms with Gasteiger partial charge in [-0.25, -0.2) is 9.78 Å². The van der Waals surface area contributed by atoms with Gasteiger partial charge in [0.05, 0.1) is 9.98 Å². The Bertz CT molecular complexity index is 480. The average Bonchev–Trinajstić information content (AvgIpc) is 2.74. The minimum absolute atomic E-state index is 0.0417. The molecule has 1 aromatic rings. The normalized spacial score (nSPS) is 19.2. The van der Waals surface area contributed by atoms with Crippen LogP contribution in [-0.4, -0.2) is 40.1 Å². The Hall–Kier alpha value is -1.15. The summed E-state index contributed by atoms with van der Waals surface area (Å²) in [5, 5.41) is 12.1. The van der Waals surface area contributed by atoms with Crippen molar-refractivity contribution in [2.45, 2.75) is 19.3 Å². The van der Waals surface area contributed by atoms with Crippen LogP contribution >= 0.6 is 27.3 Å². The lowest BCUT2D eigenvalue weighted by atomic mass is 9.95. The van der Waals surface area contributed by atoms with Crippen molar-refractivity contribution in [3.63, 3.8) is 0 Å². The van der Waals surface area contributed by atoms with Crippen LogP contribution in [0.2, 0.25) is 0 Å². The molecule has 0 saturated carbocycles. The van der Waals surface area contributed by atoms with Gasteiger partial charge in [0.15, 0.2) is 5.13 Å². The lowest BCUT2D eigenvalue weighted by molar-refractivity contribution is -0.138. The van der Waals surface area contributed by atoms with E-state index < -0.39 is 5.97 Å². The van der Waals surface area contributed by atoms with Gasteiger partial charge in [0.2, 0.25) is 0 Å². The third-order valence-corrected chi connectivity index (χ3v) is 4.35. The van der Waals surface area contributed by atoms with Gasteiger partial charge in [0.1, 0.15) is 0 Å². The third kappa shape index (κ3) is 4.17. The number of thiazole rings is 1. The van der Waals surface area contributed by atoms with Crippen LogP contribution in [0.3, 0.4) is 0 Å². The van der Waals surface area contributed by atoms with Crippen LogP contribution in [-0.2, 0) is 4.79 Å². The third-order valence-electron chi connectivity index (χ3n) is 2.96.